The number of nitrogens with one attached hydrogen (secondary N) is 1. The van der Waals surface area contributed by atoms with Crippen LogP contribution in [0.5, 0.6) is 0 Å². The van der Waals surface area contributed by atoms with E-state index in [-0.39, 0.29) is 47.9 Å². The molecule has 2 aromatic carbocycles. The van der Waals surface area contributed by atoms with E-state index in [1.807, 2.05) is 65.1 Å². The Hall–Kier alpha value is -4.66. The normalized spacial score (nSPS) is 23.8. The van der Waals surface area contributed by atoms with Crippen LogP contribution >= 0.6 is 0 Å². The van der Waals surface area contributed by atoms with Gasteiger partial charge in [-0.1, -0.05) is 77.8 Å². The third kappa shape index (κ3) is 8.92. The third-order valence-electron chi connectivity index (χ3n) is 9.45. The number of rotatable bonds is 5. The van der Waals surface area contributed by atoms with Crippen molar-refractivity contribution in [2.45, 2.75) is 78.6 Å². The maximum Gasteiger partial charge on any atom is 0.418 e. The van der Waals surface area contributed by atoms with E-state index in [9.17, 15) is 32.8 Å². The number of hydrogen-bond donors (Lipinski definition) is 1. The van der Waals surface area contributed by atoms with Crippen molar-refractivity contribution < 1.29 is 27.6 Å². The zero-order valence-corrected chi connectivity index (χ0v) is 29.7. The summed E-state index contributed by atoms with van der Waals surface area (Å²) in [7, 11) is 1.91. The molecule has 3 aromatic rings. The summed E-state index contributed by atoms with van der Waals surface area (Å²) in [6.45, 7) is 10.6. The average Bonchev–Trinajstić information content (AvgIpc) is 3.91. The maximum absolute atomic E-state index is 13.9. The molecule has 3 fully saturated rings. The third-order valence-corrected chi connectivity index (χ3v) is 9.45. The quantitative estimate of drug-likeness (QED) is 0.277. The van der Waals surface area contributed by atoms with Crippen molar-refractivity contribution in [1.82, 2.24) is 19.6 Å². The number of nitrogens with zero attached hydrogens (tertiary/aromatic N) is 5. The Labute approximate surface area is 293 Å². The number of halogens is 3. The second kappa shape index (κ2) is 18.4. The molecule has 1 N–H and O–H groups in total. The zero-order valence-electron chi connectivity index (χ0n) is 29.7. The lowest BCUT2D eigenvalue weighted by Crippen LogP contribution is -2.51. The first-order valence-corrected chi connectivity index (χ1v) is 17.5. The van der Waals surface area contributed by atoms with Crippen LogP contribution in [0.4, 0.5) is 18.9 Å². The summed E-state index contributed by atoms with van der Waals surface area (Å²) < 4.78 is 41.7. The van der Waals surface area contributed by atoms with Crippen LogP contribution in [0.2, 0.25) is 0 Å². The van der Waals surface area contributed by atoms with Crippen LogP contribution in [-0.2, 0) is 15.8 Å². The number of anilines is 1. The molecule has 270 valence electrons. The van der Waals surface area contributed by atoms with Gasteiger partial charge >= 0.3 is 6.18 Å². The highest BCUT2D eigenvalue weighted by molar-refractivity contribution is 5.98. The van der Waals surface area contributed by atoms with Crippen molar-refractivity contribution >= 4 is 23.8 Å². The topological polar surface area (TPSA) is 111 Å². The molecule has 0 bridgehead atoms. The second-order valence-electron chi connectivity index (χ2n) is 12.2. The molecule has 2 aliphatic heterocycles. The van der Waals surface area contributed by atoms with Gasteiger partial charge in [0, 0.05) is 37.9 Å². The van der Waals surface area contributed by atoms with E-state index in [2.05, 4.69) is 23.4 Å². The minimum absolute atomic E-state index is 0.0788. The van der Waals surface area contributed by atoms with Crippen LogP contribution in [0, 0.1) is 35.0 Å². The molecular formula is C38H49F3N6O3. The Balaban J connectivity index is 0.000000485. The molecular weight excluding hydrogens is 645 g/mol. The van der Waals surface area contributed by atoms with Gasteiger partial charge in [0.05, 0.1) is 29.1 Å². The van der Waals surface area contributed by atoms with Crippen LogP contribution in [0.3, 0.4) is 0 Å². The van der Waals surface area contributed by atoms with E-state index in [4.69, 9.17) is 0 Å². The van der Waals surface area contributed by atoms with E-state index in [0.717, 1.165) is 42.0 Å². The molecule has 0 spiro atoms. The summed E-state index contributed by atoms with van der Waals surface area (Å²) in [5.41, 5.74) is 0.157. The predicted octanol–water partition coefficient (Wildman–Crippen LogP) is 7.49. The smallest absolute Gasteiger partial charge is 0.388 e. The van der Waals surface area contributed by atoms with Gasteiger partial charge < -0.3 is 19.9 Å². The Morgan fingerprint density at radius 2 is 1.62 bits per heavy atom. The van der Waals surface area contributed by atoms with E-state index in [0.29, 0.717) is 6.54 Å². The number of carbonyl (C=O) groups excluding carboxylic acids is 3. The van der Waals surface area contributed by atoms with Crippen molar-refractivity contribution in [3.05, 3.63) is 78.1 Å². The summed E-state index contributed by atoms with van der Waals surface area (Å²) in [5.74, 6) is -0.970. The number of likely N-dealkylation sites (tertiary alicyclic amines) is 2. The number of aromatic nitrogens is 2. The van der Waals surface area contributed by atoms with Crippen molar-refractivity contribution in [1.29, 1.82) is 5.26 Å². The van der Waals surface area contributed by atoms with Crippen molar-refractivity contribution in [3.63, 3.8) is 0 Å². The molecule has 9 nitrogen and oxygen atoms in total. The predicted molar refractivity (Wildman–Crippen MR) is 187 cm³/mol. The summed E-state index contributed by atoms with van der Waals surface area (Å²) in [4.78, 5) is 42.0. The molecule has 6 rings (SSSR count). The number of aldehydes is 1. The fourth-order valence-electron chi connectivity index (χ4n) is 7.08. The first-order chi connectivity index (χ1) is 24.1. The minimum Gasteiger partial charge on any atom is -0.388 e. The van der Waals surface area contributed by atoms with Crippen LogP contribution < -0.4 is 5.32 Å². The van der Waals surface area contributed by atoms with Gasteiger partial charge in [-0.2, -0.15) is 23.5 Å². The van der Waals surface area contributed by atoms with Gasteiger partial charge in [-0.15, -0.1) is 0 Å². The summed E-state index contributed by atoms with van der Waals surface area (Å²) in [6.07, 6.45) is 1.56. The summed E-state index contributed by atoms with van der Waals surface area (Å²) in [5, 5.41) is 16.7. The summed E-state index contributed by atoms with van der Waals surface area (Å²) >= 11 is 0. The first-order valence-electron chi connectivity index (χ1n) is 17.5. The van der Waals surface area contributed by atoms with Gasteiger partial charge in [0.2, 0.25) is 5.91 Å². The van der Waals surface area contributed by atoms with Gasteiger partial charge in [0.1, 0.15) is 18.4 Å². The maximum atomic E-state index is 13.9. The highest BCUT2D eigenvalue weighted by atomic mass is 19.4. The van der Waals surface area contributed by atoms with Gasteiger partial charge in [-0.3, -0.25) is 9.59 Å². The molecule has 5 unspecified atom stereocenters. The number of hydrogen-bond acceptors (Lipinski definition) is 6. The van der Waals surface area contributed by atoms with Crippen LogP contribution in [-0.4, -0.2) is 69.9 Å². The van der Waals surface area contributed by atoms with E-state index >= 15 is 0 Å². The van der Waals surface area contributed by atoms with Crippen molar-refractivity contribution in [2.75, 3.05) is 25.5 Å². The lowest BCUT2D eigenvalue weighted by molar-refractivity contribution is -0.138. The molecule has 3 heterocycles. The molecule has 12 heteroatoms. The SMILES string of the molecule is CC.CC.CC1CCCC2C1CN(C(=O)c1cnn(-c3ccccc3C(F)(F)F)c1)[C@@H]2C(=O)N1CC(C=O)CC1C#N.CNc1ccccc1. The molecule has 2 saturated heterocycles. The number of fused-ring (bicyclic) bond motifs is 1. The Kier molecular flexibility index (Phi) is 14.6. The van der Waals surface area contributed by atoms with Crippen LogP contribution in [0.1, 0.15) is 76.2 Å². The molecule has 2 amide bonds. The fraction of sp³-hybridized carbons (Fsp3) is 0.500. The zero-order chi connectivity index (χ0) is 37.0. The average molecular weight is 695 g/mol. The van der Waals surface area contributed by atoms with E-state index in [1.165, 1.54) is 40.4 Å². The molecule has 3 aliphatic rings. The number of para-hydroxylation sites is 2. The second-order valence-corrected chi connectivity index (χ2v) is 12.2. The number of alkyl halides is 3. The largest absolute Gasteiger partial charge is 0.418 e. The number of amides is 2. The molecule has 0 radical (unpaired) electrons. The Morgan fingerprint density at radius 1 is 0.960 bits per heavy atom. The molecule has 6 atom stereocenters. The van der Waals surface area contributed by atoms with Crippen LogP contribution in [0.15, 0.2) is 67.0 Å². The first kappa shape index (κ1) is 39.8. The van der Waals surface area contributed by atoms with Gasteiger partial charge in [-0.25, -0.2) is 4.68 Å². The van der Waals surface area contributed by atoms with E-state index in [1.54, 1.807) is 0 Å². The highest BCUT2D eigenvalue weighted by Gasteiger charge is 2.53. The lowest BCUT2D eigenvalue weighted by Gasteiger charge is -2.35. The number of nitriles is 1. The Bertz CT molecular complexity index is 1590. The van der Waals surface area contributed by atoms with Crippen molar-refractivity contribution in [3.8, 4) is 11.8 Å². The standard InChI is InChI=1S/C27H28F3N5O3.C7H9N.2C2H6/c1-16-5-4-6-20-21(16)14-34(24(20)26(38)33-12-17(15-36)9-19(33)10-31)25(37)18-11-32-35(13-18)23-8-3-2-7-22(23)27(28,29)30;1-8-7-5-3-2-4-6-7;2*1-2/h2-3,7-8,11,13,15-17,19-21,24H,4-6,9,12,14H2,1H3;2-6,8H,1H3;2*1-2H3/t16?,17?,19?,20?,21?,24-;;;/m0.../s1. The van der Waals surface area contributed by atoms with Crippen LogP contribution in [0.25, 0.3) is 5.69 Å². The number of benzene rings is 2. The fourth-order valence-corrected chi connectivity index (χ4v) is 7.08. The van der Waals surface area contributed by atoms with Gasteiger partial charge in [-0.05, 0) is 54.9 Å². The van der Waals surface area contributed by atoms with Crippen molar-refractivity contribution in [2.24, 2.45) is 23.7 Å². The molecule has 50 heavy (non-hydrogen) atoms. The monoisotopic (exact) mass is 694 g/mol. The highest BCUT2D eigenvalue weighted by Crippen LogP contribution is 2.45. The Morgan fingerprint density at radius 3 is 2.22 bits per heavy atom. The lowest BCUT2D eigenvalue weighted by atomic mass is 9.72. The van der Waals surface area contributed by atoms with Gasteiger partial charge in [0.15, 0.2) is 0 Å². The van der Waals surface area contributed by atoms with E-state index < -0.39 is 35.6 Å². The molecule has 1 aliphatic carbocycles. The number of carbonyl (C=O) groups is 3. The molecule has 1 aromatic heterocycles. The molecule has 1 saturated carbocycles. The minimum atomic E-state index is -4.60. The summed E-state index contributed by atoms with van der Waals surface area (Å²) in [6, 6.07) is 15.6. The van der Waals surface area contributed by atoms with Gasteiger partial charge in [0.25, 0.3) is 5.91 Å².